The largest absolute Gasteiger partial charge is 0.489 e. The second-order valence-electron chi connectivity index (χ2n) is 7.94. The molecule has 0 amide bonds. The normalized spacial score (nSPS) is 15.5. The van der Waals surface area contributed by atoms with Crippen LogP contribution in [0, 0.1) is 0 Å². The summed E-state index contributed by atoms with van der Waals surface area (Å²) in [7, 11) is 0. The van der Waals surface area contributed by atoms with Crippen LogP contribution in [0.3, 0.4) is 0 Å². The Morgan fingerprint density at radius 1 is 0.800 bits per heavy atom. The molecule has 3 aromatic rings. The molecule has 3 aromatic carbocycles. The van der Waals surface area contributed by atoms with Gasteiger partial charge in [0.2, 0.25) is 0 Å². The lowest BCUT2D eigenvalue weighted by Gasteiger charge is -2.33. The van der Waals surface area contributed by atoms with E-state index in [1.54, 1.807) is 0 Å². The summed E-state index contributed by atoms with van der Waals surface area (Å²) in [5, 5.41) is 0. The lowest BCUT2D eigenvalue weighted by atomic mass is 9.97. The molecule has 0 N–H and O–H groups in total. The Balaban J connectivity index is 1.50. The van der Waals surface area contributed by atoms with E-state index < -0.39 is 0 Å². The van der Waals surface area contributed by atoms with Crippen LogP contribution in [-0.4, -0.2) is 11.4 Å². The highest BCUT2D eigenvalue weighted by Crippen LogP contribution is 2.30. The molecule has 152 valence electrons. The number of hydrogen-bond acceptors (Lipinski definition) is 2. The van der Waals surface area contributed by atoms with Crippen LogP contribution in [-0.2, 0) is 13.2 Å². The minimum absolute atomic E-state index is 0.590. The Morgan fingerprint density at radius 2 is 1.43 bits per heavy atom. The van der Waals surface area contributed by atoms with Gasteiger partial charge in [-0.15, -0.1) is 0 Å². The van der Waals surface area contributed by atoms with Crippen molar-refractivity contribution in [2.75, 3.05) is 6.54 Å². The molecule has 0 saturated carbocycles. The van der Waals surface area contributed by atoms with Crippen LogP contribution in [0.25, 0.3) is 6.08 Å². The fourth-order valence-corrected chi connectivity index (χ4v) is 3.79. The lowest BCUT2D eigenvalue weighted by molar-refractivity contribution is 0.306. The van der Waals surface area contributed by atoms with Crippen molar-refractivity contribution in [1.29, 1.82) is 0 Å². The Kier molecular flexibility index (Phi) is 6.34. The van der Waals surface area contributed by atoms with Crippen molar-refractivity contribution in [3.63, 3.8) is 0 Å². The van der Waals surface area contributed by atoms with Gasteiger partial charge < -0.3 is 9.64 Å². The molecule has 0 unspecified atom stereocenters. The van der Waals surface area contributed by atoms with Gasteiger partial charge in [0.25, 0.3) is 0 Å². The van der Waals surface area contributed by atoms with Crippen molar-refractivity contribution in [1.82, 2.24) is 4.90 Å². The molecule has 0 aliphatic carbocycles. The van der Waals surface area contributed by atoms with Crippen LogP contribution in [0.15, 0.2) is 102 Å². The number of benzene rings is 3. The van der Waals surface area contributed by atoms with Crippen LogP contribution in [0.4, 0.5) is 0 Å². The molecule has 4 rings (SSSR count). The highest BCUT2D eigenvalue weighted by molar-refractivity contribution is 5.59. The number of hydrogen-bond donors (Lipinski definition) is 0. The molecular formula is C28H29NO. The quantitative estimate of drug-likeness (QED) is 0.452. The van der Waals surface area contributed by atoms with Crippen molar-refractivity contribution in [2.45, 2.75) is 33.4 Å². The van der Waals surface area contributed by atoms with Gasteiger partial charge in [-0.1, -0.05) is 78.4 Å². The van der Waals surface area contributed by atoms with Gasteiger partial charge in [-0.05, 0) is 60.7 Å². The summed E-state index contributed by atoms with van der Waals surface area (Å²) < 4.78 is 5.93. The smallest absolute Gasteiger partial charge is 0.119 e. The minimum Gasteiger partial charge on any atom is -0.489 e. The zero-order valence-corrected chi connectivity index (χ0v) is 17.8. The first kappa shape index (κ1) is 20.0. The molecule has 2 heteroatoms. The van der Waals surface area contributed by atoms with Crippen molar-refractivity contribution in [2.24, 2.45) is 0 Å². The van der Waals surface area contributed by atoms with E-state index in [1.807, 2.05) is 18.2 Å². The predicted molar refractivity (Wildman–Crippen MR) is 125 cm³/mol. The van der Waals surface area contributed by atoms with E-state index in [0.717, 1.165) is 25.3 Å². The third-order valence-corrected chi connectivity index (χ3v) is 5.77. The number of rotatable bonds is 6. The van der Waals surface area contributed by atoms with E-state index in [1.165, 1.54) is 33.5 Å². The third-order valence-electron chi connectivity index (χ3n) is 5.77. The molecule has 1 aliphatic rings. The molecule has 0 aromatic heterocycles. The van der Waals surface area contributed by atoms with Crippen LogP contribution >= 0.6 is 0 Å². The Labute approximate surface area is 180 Å². The minimum atomic E-state index is 0.590. The van der Waals surface area contributed by atoms with Gasteiger partial charge in [-0.3, -0.25) is 0 Å². The third kappa shape index (κ3) is 5.01. The first-order chi connectivity index (χ1) is 14.7. The SMILES string of the molecule is CC1=C(C)/C(=C\c2ccc(OCc3ccccc3)cc2)N(Cc2ccccc2)CC1. The molecule has 0 atom stereocenters. The summed E-state index contributed by atoms with van der Waals surface area (Å²) in [4.78, 5) is 2.50. The van der Waals surface area contributed by atoms with Crippen LogP contribution < -0.4 is 4.74 Å². The molecule has 0 saturated heterocycles. The summed E-state index contributed by atoms with van der Waals surface area (Å²) in [6.45, 7) is 7.09. The van der Waals surface area contributed by atoms with Crippen LogP contribution in [0.1, 0.15) is 37.0 Å². The van der Waals surface area contributed by atoms with Gasteiger partial charge in [0.15, 0.2) is 0 Å². The number of allylic oxidation sites excluding steroid dienone is 1. The van der Waals surface area contributed by atoms with E-state index in [9.17, 15) is 0 Å². The van der Waals surface area contributed by atoms with Crippen LogP contribution in [0.2, 0.25) is 0 Å². The second-order valence-corrected chi connectivity index (χ2v) is 7.94. The molecule has 30 heavy (non-hydrogen) atoms. The number of ether oxygens (including phenoxy) is 1. The van der Waals surface area contributed by atoms with Gasteiger partial charge in [0, 0.05) is 18.8 Å². The highest BCUT2D eigenvalue weighted by atomic mass is 16.5. The average molecular weight is 396 g/mol. The van der Waals surface area contributed by atoms with E-state index in [2.05, 4.69) is 91.6 Å². The summed E-state index contributed by atoms with van der Waals surface area (Å²) in [5.41, 5.74) is 7.92. The summed E-state index contributed by atoms with van der Waals surface area (Å²) in [5.74, 6) is 0.897. The van der Waals surface area contributed by atoms with Crippen molar-refractivity contribution < 1.29 is 4.74 Å². The van der Waals surface area contributed by atoms with Crippen LogP contribution in [0.5, 0.6) is 5.75 Å². The number of nitrogens with zero attached hydrogens (tertiary/aromatic N) is 1. The molecule has 1 aliphatic heterocycles. The van der Waals surface area contributed by atoms with E-state index >= 15 is 0 Å². The second kappa shape index (κ2) is 9.49. The van der Waals surface area contributed by atoms with Gasteiger partial charge in [0.05, 0.1) is 0 Å². The maximum atomic E-state index is 5.93. The van der Waals surface area contributed by atoms with Crippen molar-refractivity contribution in [3.05, 3.63) is 118 Å². The molecule has 0 bridgehead atoms. The predicted octanol–water partition coefficient (Wildman–Crippen LogP) is 6.85. The monoisotopic (exact) mass is 395 g/mol. The molecule has 2 nitrogen and oxygen atoms in total. The molecule has 0 spiro atoms. The highest BCUT2D eigenvalue weighted by Gasteiger charge is 2.19. The van der Waals surface area contributed by atoms with E-state index in [-0.39, 0.29) is 0 Å². The first-order valence-electron chi connectivity index (χ1n) is 10.6. The first-order valence-corrected chi connectivity index (χ1v) is 10.6. The standard InChI is InChI=1S/C28H29NO/c1-22-17-18-29(20-25-9-5-3-6-10-25)28(23(22)2)19-24-13-15-27(16-14-24)30-21-26-11-7-4-8-12-26/h3-16,19H,17-18,20-21H2,1-2H3/b28-19+. The van der Waals surface area contributed by atoms with Crippen molar-refractivity contribution in [3.8, 4) is 5.75 Å². The fraction of sp³-hybridized carbons (Fsp3) is 0.214. The van der Waals surface area contributed by atoms with Gasteiger partial charge in [-0.25, -0.2) is 0 Å². The van der Waals surface area contributed by atoms with Gasteiger partial charge in [0.1, 0.15) is 12.4 Å². The summed E-state index contributed by atoms with van der Waals surface area (Å²) in [6.07, 6.45) is 3.43. The molecule has 0 radical (unpaired) electrons. The van der Waals surface area contributed by atoms with E-state index in [0.29, 0.717) is 6.61 Å². The topological polar surface area (TPSA) is 12.5 Å². The van der Waals surface area contributed by atoms with E-state index in [4.69, 9.17) is 4.74 Å². The zero-order chi connectivity index (χ0) is 20.8. The molecule has 1 heterocycles. The summed E-state index contributed by atoms with van der Waals surface area (Å²) in [6, 6.07) is 29.4. The maximum absolute atomic E-state index is 5.93. The Hall–Kier alpha value is -3.26. The average Bonchev–Trinajstić information content (AvgIpc) is 2.79. The molecule has 0 fully saturated rings. The Bertz CT molecular complexity index is 1020. The summed E-state index contributed by atoms with van der Waals surface area (Å²) >= 11 is 0. The Morgan fingerprint density at radius 3 is 2.10 bits per heavy atom. The van der Waals surface area contributed by atoms with Crippen molar-refractivity contribution >= 4 is 6.08 Å². The lowest BCUT2D eigenvalue weighted by Crippen LogP contribution is -2.28. The van der Waals surface area contributed by atoms with Gasteiger partial charge >= 0.3 is 0 Å². The molecular weight excluding hydrogens is 366 g/mol. The fourth-order valence-electron chi connectivity index (χ4n) is 3.79. The van der Waals surface area contributed by atoms with Gasteiger partial charge in [-0.2, -0.15) is 0 Å². The zero-order valence-electron chi connectivity index (χ0n) is 17.8. The maximum Gasteiger partial charge on any atom is 0.119 e.